The second-order valence-corrected chi connectivity index (χ2v) is 5.34. The maximum atomic E-state index is 12.2. The van der Waals surface area contributed by atoms with E-state index in [0.717, 1.165) is 0 Å². The Morgan fingerprint density at radius 2 is 2.42 bits per heavy atom. The standard InChI is InChI=1S/C12H15NO5S/c1-17-8-2-5-19-10(8)11(16)13-12(6-9(14)15)3-4-18-7-12/h2,5H,3-4,6-7H2,1H3,(H,13,16)(H,14,15). The van der Waals surface area contributed by atoms with Gasteiger partial charge in [0.2, 0.25) is 0 Å². The summed E-state index contributed by atoms with van der Waals surface area (Å²) in [7, 11) is 1.49. The predicted octanol–water partition coefficient (Wildman–Crippen LogP) is 1.12. The van der Waals surface area contributed by atoms with Gasteiger partial charge in [0.25, 0.3) is 5.91 Å². The number of carboxylic acid groups (broad SMARTS) is 1. The number of rotatable bonds is 5. The number of carboxylic acids is 1. The van der Waals surface area contributed by atoms with Gasteiger partial charge in [-0.2, -0.15) is 0 Å². The molecule has 1 unspecified atom stereocenters. The molecule has 2 rings (SSSR count). The Hall–Kier alpha value is -1.60. The highest BCUT2D eigenvalue weighted by Gasteiger charge is 2.39. The zero-order valence-electron chi connectivity index (χ0n) is 10.5. The van der Waals surface area contributed by atoms with Gasteiger partial charge in [-0.15, -0.1) is 11.3 Å². The Bertz CT molecular complexity index is 478. The van der Waals surface area contributed by atoms with Crippen molar-refractivity contribution >= 4 is 23.2 Å². The first-order valence-corrected chi connectivity index (χ1v) is 6.68. The third-order valence-corrected chi connectivity index (χ3v) is 3.92. The second kappa shape index (κ2) is 5.58. The van der Waals surface area contributed by atoms with Crippen molar-refractivity contribution in [2.45, 2.75) is 18.4 Å². The van der Waals surface area contributed by atoms with Crippen LogP contribution in [0.25, 0.3) is 0 Å². The minimum Gasteiger partial charge on any atom is -0.495 e. The summed E-state index contributed by atoms with van der Waals surface area (Å²) in [6.45, 7) is 0.674. The number of hydrogen-bond donors (Lipinski definition) is 2. The molecule has 2 N–H and O–H groups in total. The summed E-state index contributed by atoms with van der Waals surface area (Å²) in [6.07, 6.45) is 0.352. The minimum atomic E-state index is -0.955. The van der Waals surface area contributed by atoms with Crippen LogP contribution in [0.4, 0.5) is 0 Å². The van der Waals surface area contributed by atoms with Crippen LogP contribution >= 0.6 is 11.3 Å². The van der Waals surface area contributed by atoms with Gasteiger partial charge in [-0.1, -0.05) is 0 Å². The maximum absolute atomic E-state index is 12.2. The SMILES string of the molecule is COc1ccsc1C(=O)NC1(CC(=O)O)CCOC1. The fraction of sp³-hybridized carbons (Fsp3) is 0.500. The molecule has 7 heteroatoms. The summed E-state index contributed by atoms with van der Waals surface area (Å²) in [5.74, 6) is -0.783. The molecule has 0 aromatic carbocycles. The fourth-order valence-electron chi connectivity index (χ4n) is 2.10. The van der Waals surface area contributed by atoms with Crippen molar-refractivity contribution < 1.29 is 24.2 Å². The molecule has 1 aliphatic rings. The number of carbonyl (C=O) groups is 2. The van der Waals surface area contributed by atoms with Crippen LogP contribution in [0, 0.1) is 0 Å². The lowest BCUT2D eigenvalue weighted by Crippen LogP contribution is -2.50. The van der Waals surface area contributed by atoms with Gasteiger partial charge >= 0.3 is 5.97 Å². The van der Waals surface area contributed by atoms with E-state index in [-0.39, 0.29) is 18.9 Å². The van der Waals surface area contributed by atoms with Gasteiger partial charge in [0.15, 0.2) is 0 Å². The fourth-order valence-corrected chi connectivity index (χ4v) is 2.85. The Kier molecular flexibility index (Phi) is 4.06. The molecule has 0 spiro atoms. The minimum absolute atomic E-state index is 0.146. The number of carbonyl (C=O) groups excluding carboxylic acids is 1. The highest BCUT2D eigenvalue weighted by Crippen LogP contribution is 2.28. The van der Waals surface area contributed by atoms with E-state index in [2.05, 4.69) is 5.32 Å². The van der Waals surface area contributed by atoms with Crippen molar-refractivity contribution in [3.05, 3.63) is 16.3 Å². The van der Waals surface area contributed by atoms with Gasteiger partial charge in [-0.3, -0.25) is 9.59 Å². The third-order valence-electron chi connectivity index (χ3n) is 3.03. The van der Waals surface area contributed by atoms with Gasteiger partial charge in [-0.05, 0) is 17.9 Å². The van der Waals surface area contributed by atoms with Crippen LogP contribution in [0.3, 0.4) is 0 Å². The third kappa shape index (κ3) is 3.05. The molecule has 1 saturated heterocycles. The van der Waals surface area contributed by atoms with Gasteiger partial charge in [0.1, 0.15) is 10.6 Å². The lowest BCUT2D eigenvalue weighted by Gasteiger charge is -2.26. The van der Waals surface area contributed by atoms with E-state index in [1.165, 1.54) is 18.4 Å². The predicted molar refractivity (Wildman–Crippen MR) is 68.8 cm³/mol. The normalized spacial score (nSPS) is 22.2. The summed E-state index contributed by atoms with van der Waals surface area (Å²) in [6, 6.07) is 1.70. The van der Waals surface area contributed by atoms with Crippen molar-refractivity contribution in [2.24, 2.45) is 0 Å². The van der Waals surface area contributed by atoms with E-state index in [9.17, 15) is 9.59 Å². The molecule has 0 saturated carbocycles. The Morgan fingerprint density at radius 1 is 1.63 bits per heavy atom. The van der Waals surface area contributed by atoms with E-state index < -0.39 is 11.5 Å². The zero-order chi connectivity index (χ0) is 13.9. The molecule has 104 valence electrons. The molecule has 0 radical (unpaired) electrons. The molecule has 1 aromatic rings. The monoisotopic (exact) mass is 285 g/mol. The molecule has 6 nitrogen and oxygen atoms in total. The van der Waals surface area contributed by atoms with Crippen molar-refractivity contribution in [2.75, 3.05) is 20.3 Å². The molecule has 2 heterocycles. The summed E-state index contributed by atoms with van der Waals surface area (Å²) < 4.78 is 10.3. The highest BCUT2D eigenvalue weighted by molar-refractivity contribution is 7.12. The van der Waals surface area contributed by atoms with Crippen LogP contribution in [-0.4, -0.2) is 42.8 Å². The second-order valence-electron chi connectivity index (χ2n) is 4.43. The smallest absolute Gasteiger partial charge is 0.305 e. The lowest BCUT2D eigenvalue weighted by atomic mass is 9.94. The maximum Gasteiger partial charge on any atom is 0.305 e. The number of ether oxygens (including phenoxy) is 2. The average molecular weight is 285 g/mol. The first kappa shape index (κ1) is 13.8. The number of nitrogens with one attached hydrogen (secondary N) is 1. The topological polar surface area (TPSA) is 84.9 Å². The van der Waals surface area contributed by atoms with Gasteiger partial charge < -0.3 is 19.9 Å². The molecule has 19 heavy (non-hydrogen) atoms. The van der Waals surface area contributed by atoms with Crippen molar-refractivity contribution in [1.29, 1.82) is 0 Å². The Morgan fingerprint density at radius 3 is 3.00 bits per heavy atom. The summed E-state index contributed by atoms with van der Waals surface area (Å²) >= 11 is 1.26. The van der Waals surface area contributed by atoms with Crippen LogP contribution < -0.4 is 10.1 Å². The molecular weight excluding hydrogens is 270 g/mol. The lowest BCUT2D eigenvalue weighted by molar-refractivity contribution is -0.138. The molecule has 1 aliphatic heterocycles. The molecule has 0 bridgehead atoms. The highest BCUT2D eigenvalue weighted by atomic mass is 32.1. The van der Waals surface area contributed by atoms with Gasteiger partial charge in [0.05, 0.1) is 25.7 Å². The molecule has 1 aromatic heterocycles. The van der Waals surface area contributed by atoms with Crippen molar-refractivity contribution in [3.8, 4) is 5.75 Å². The number of hydrogen-bond acceptors (Lipinski definition) is 5. The van der Waals surface area contributed by atoms with Crippen LogP contribution in [0.15, 0.2) is 11.4 Å². The summed E-state index contributed by atoms with van der Waals surface area (Å²) in [5.41, 5.74) is -0.822. The molecule has 1 atom stereocenters. The van der Waals surface area contributed by atoms with Crippen LogP contribution in [0.1, 0.15) is 22.5 Å². The van der Waals surface area contributed by atoms with Crippen molar-refractivity contribution in [1.82, 2.24) is 5.32 Å². The number of thiophene rings is 1. The Labute approximate surface area is 114 Å². The first-order chi connectivity index (χ1) is 9.06. The van der Waals surface area contributed by atoms with Crippen molar-refractivity contribution in [3.63, 3.8) is 0 Å². The van der Waals surface area contributed by atoms with Gasteiger partial charge in [-0.25, -0.2) is 0 Å². The number of methoxy groups -OCH3 is 1. The molecular formula is C12H15NO5S. The summed E-state index contributed by atoms with van der Waals surface area (Å²) in [5, 5.41) is 13.5. The quantitative estimate of drug-likeness (QED) is 0.847. The molecule has 0 aliphatic carbocycles. The van der Waals surface area contributed by atoms with Crippen LogP contribution in [0.5, 0.6) is 5.75 Å². The van der Waals surface area contributed by atoms with Crippen LogP contribution in [0.2, 0.25) is 0 Å². The van der Waals surface area contributed by atoms with Crippen LogP contribution in [-0.2, 0) is 9.53 Å². The van der Waals surface area contributed by atoms with E-state index in [4.69, 9.17) is 14.6 Å². The number of amides is 1. The number of aliphatic carboxylic acids is 1. The van der Waals surface area contributed by atoms with Gasteiger partial charge in [0, 0.05) is 6.61 Å². The largest absolute Gasteiger partial charge is 0.495 e. The zero-order valence-corrected chi connectivity index (χ0v) is 11.3. The Balaban J connectivity index is 2.13. The average Bonchev–Trinajstić information content (AvgIpc) is 2.96. The van der Waals surface area contributed by atoms with E-state index in [0.29, 0.717) is 23.7 Å². The van der Waals surface area contributed by atoms with E-state index in [1.807, 2.05) is 0 Å². The molecule has 1 fully saturated rings. The van der Waals surface area contributed by atoms with E-state index >= 15 is 0 Å². The first-order valence-electron chi connectivity index (χ1n) is 5.80. The van der Waals surface area contributed by atoms with E-state index in [1.54, 1.807) is 11.4 Å². The molecule has 1 amide bonds. The summed E-state index contributed by atoms with van der Waals surface area (Å²) in [4.78, 5) is 23.6.